The van der Waals surface area contributed by atoms with Gasteiger partial charge < -0.3 is 9.80 Å². The molecule has 4 rings (SSSR count). The van der Waals surface area contributed by atoms with Crippen molar-refractivity contribution in [2.75, 3.05) is 25.0 Å². The molecule has 2 aromatic rings. The molecule has 6 heteroatoms. The Morgan fingerprint density at radius 2 is 2.21 bits per heavy atom. The number of thiazole rings is 1. The number of aromatic nitrogens is 1. The van der Waals surface area contributed by atoms with Gasteiger partial charge in [0.1, 0.15) is 0 Å². The fraction of sp³-hybridized carbons (Fsp3) is 0.389. The maximum atomic E-state index is 12.8. The van der Waals surface area contributed by atoms with Crippen molar-refractivity contribution in [2.45, 2.75) is 19.8 Å². The summed E-state index contributed by atoms with van der Waals surface area (Å²) in [5.41, 5.74) is 4.26. The molecule has 0 aliphatic carbocycles. The van der Waals surface area contributed by atoms with Gasteiger partial charge in [-0.1, -0.05) is 6.07 Å². The number of carbonyl (C=O) groups is 2. The van der Waals surface area contributed by atoms with E-state index in [4.69, 9.17) is 0 Å². The van der Waals surface area contributed by atoms with E-state index in [0.29, 0.717) is 19.5 Å². The van der Waals surface area contributed by atoms with E-state index in [-0.39, 0.29) is 17.7 Å². The SMILES string of the molecule is Cc1nc(-c2ccc3c(c2)CCN3C(=O)[C@@H]2CC(=O)N(C)C2)cs1. The summed E-state index contributed by atoms with van der Waals surface area (Å²) in [5, 5.41) is 3.12. The van der Waals surface area contributed by atoms with Gasteiger partial charge in [0.05, 0.1) is 16.6 Å². The lowest BCUT2D eigenvalue weighted by molar-refractivity contribution is -0.127. The second-order valence-electron chi connectivity index (χ2n) is 6.51. The van der Waals surface area contributed by atoms with Gasteiger partial charge >= 0.3 is 0 Å². The average Bonchev–Trinajstić information content (AvgIpc) is 3.26. The highest BCUT2D eigenvalue weighted by Crippen LogP contribution is 2.34. The van der Waals surface area contributed by atoms with Crippen LogP contribution in [0.3, 0.4) is 0 Å². The molecule has 2 amide bonds. The van der Waals surface area contributed by atoms with Gasteiger partial charge in [0.15, 0.2) is 0 Å². The Balaban J connectivity index is 1.58. The second kappa shape index (κ2) is 5.70. The summed E-state index contributed by atoms with van der Waals surface area (Å²) in [4.78, 5) is 32.5. The van der Waals surface area contributed by atoms with E-state index in [1.807, 2.05) is 24.0 Å². The number of fused-ring (bicyclic) bond motifs is 1. The van der Waals surface area contributed by atoms with Crippen molar-refractivity contribution in [3.05, 3.63) is 34.2 Å². The van der Waals surface area contributed by atoms with Crippen LogP contribution < -0.4 is 4.90 Å². The first-order valence-electron chi connectivity index (χ1n) is 8.13. The molecule has 5 nitrogen and oxygen atoms in total. The Morgan fingerprint density at radius 1 is 1.38 bits per heavy atom. The molecule has 0 bridgehead atoms. The van der Waals surface area contributed by atoms with Crippen LogP contribution in [0, 0.1) is 12.8 Å². The molecule has 24 heavy (non-hydrogen) atoms. The fourth-order valence-corrected chi connectivity index (χ4v) is 4.16. The van der Waals surface area contributed by atoms with Gasteiger partial charge in [-0.05, 0) is 31.0 Å². The van der Waals surface area contributed by atoms with Gasteiger partial charge in [0, 0.05) is 43.2 Å². The quantitative estimate of drug-likeness (QED) is 0.843. The zero-order chi connectivity index (χ0) is 16.8. The van der Waals surface area contributed by atoms with Gasteiger partial charge in [0.2, 0.25) is 11.8 Å². The Hall–Kier alpha value is -2.21. The predicted octanol–water partition coefficient (Wildman–Crippen LogP) is 2.49. The van der Waals surface area contributed by atoms with E-state index >= 15 is 0 Å². The number of aryl methyl sites for hydroxylation is 1. The summed E-state index contributed by atoms with van der Waals surface area (Å²) in [6.45, 7) is 3.23. The van der Waals surface area contributed by atoms with Crippen molar-refractivity contribution in [1.82, 2.24) is 9.88 Å². The van der Waals surface area contributed by atoms with Gasteiger partial charge in [-0.2, -0.15) is 0 Å². The van der Waals surface area contributed by atoms with Crippen molar-refractivity contribution in [2.24, 2.45) is 5.92 Å². The topological polar surface area (TPSA) is 53.5 Å². The highest BCUT2D eigenvalue weighted by molar-refractivity contribution is 7.09. The largest absolute Gasteiger partial charge is 0.345 e. The maximum Gasteiger partial charge on any atom is 0.232 e. The third-order valence-corrected chi connectivity index (χ3v) is 5.62. The lowest BCUT2D eigenvalue weighted by Gasteiger charge is -2.21. The van der Waals surface area contributed by atoms with Gasteiger partial charge in [-0.3, -0.25) is 9.59 Å². The number of rotatable bonds is 2. The van der Waals surface area contributed by atoms with Gasteiger partial charge in [0.25, 0.3) is 0 Å². The third kappa shape index (κ3) is 2.51. The highest BCUT2D eigenvalue weighted by Gasteiger charge is 2.37. The van der Waals surface area contributed by atoms with Gasteiger partial charge in [-0.25, -0.2) is 4.98 Å². The van der Waals surface area contributed by atoms with Crippen molar-refractivity contribution in [3.8, 4) is 11.3 Å². The fourth-order valence-electron chi connectivity index (χ4n) is 3.54. The average molecular weight is 341 g/mol. The van der Waals surface area contributed by atoms with E-state index in [0.717, 1.165) is 28.4 Å². The standard InChI is InChI=1S/C18H19N3O2S/c1-11-19-15(10-24-11)12-3-4-16-13(7-12)5-6-21(16)18(23)14-8-17(22)20(2)9-14/h3-4,7,10,14H,5-6,8-9H2,1-2H3/t14-/m1/s1. The monoisotopic (exact) mass is 341 g/mol. The van der Waals surface area contributed by atoms with Crippen molar-refractivity contribution < 1.29 is 9.59 Å². The predicted molar refractivity (Wildman–Crippen MR) is 94.1 cm³/mol. The number of nitrogens with zero attached hydrogens (tertiary/aromatic N) is 3. The lowest BCUT2D eigenvalue weighted by atomic mass is 10.1. The minimum Gasteiger partial charge on any atom is -0.345 e. The molecule has 2 aliphatic heterocycles. The molecule has 3 heterocycles. The summed E-state index contributed by atoms with van der Waals surface area (Å²) in [5.74, 6) is -0.0833. The van der Waals surface area contributed by atoms with E-state index in [1.165, 1.54) is 5.56 Å². The number of hydrogen-bond acceptors (Lipinski definition) is 4. The van der Waals surface area contributed by atoms with Crippen LogP contribution in [0.25, 0.3) is 11.3 Å². The molecule has 0 unspecified atom stereocenters. The van der Waals surface area contributed by atoms with Crippen LogP contribution in [-0.4, -0.2) is 41.8 Å². The molecule has 2 aliphatic rings. The summed E-state index contributed by atoms with van der Waals surface area (Å²) in [6.07, 6.45) is 1.19. The summed E-state index contributed by atoms with van der Waals surface area (Å²) < 4.78 is 0. The molecule has 1 aromatic heterocycles. The molecule has 1 aromatic carbocycles. The number of hydrogen-bond donors (Lipinski definition) is 0. The molecule has 124 valence electrons. The van der Waals surface area contributed by atoms with E-state index in [9.17, 15) is 9.59 Å². The Labute approximate surface area is 144 Å². The van der Waals surface area contributed by atoms with Crippen LogP contribution >= 0.6 is 11.3 Å². The first kappa shape index (κ1) is 15.3. The van der Waals surface area contributed by atoms with Gasteiger partial charge in [-0.15, -0.1) is 11.3 Å². The normalized spacial score (nSPS) is 19.9. The molecule has 1 atom stereocenters. The molecule has 0 N–H and O–H groups in total. The smallest absolute Gasteiger partial charge is 0.232 e. The highest BCUT2D eigenvalue weighted by atomic mass is 32.1. The van der Waals surface area contributed by atoms with Crippen molar-refractivity contribution in [3.63, 3.8) is 0 Å². The third-order valence-electron chi connectivity index (χ3n) is 4.85. The Morgan fingerprint density at radius 3 is 2.88 bits per heavy atom. The van der Waals surface area contributed by atoms with E-state index in [1.54, 1.807) is 23.3 Å². The first-order valence-corrected chi connectivity index (χ1v) is 9.01. The Bertz CT molecular complexity index is 829. The minimum atomic E-state index is -0.214. The summed E-state index contributed by atoms with van der Waals surface area (Å²) >= 11 is 1.64. The molecule has 0 spiro atoms. The number of anilines is 1. The van der Waals surface area contributed by atoms with Crippen LogP contribution in [0.1, 0.15) is 17.0 Å². The molecular formula is C18H19N3O2S. The van der Waals surface area contributed by atoms with Crippen LogP contribution in [0.2, 0.25) is 0 Å². The number of likely N-dealkylation sites (tertiary alicyclic amines) is 1. The molecule has 1 fully saturated rings. The maximum absolute atomic E-state index is 12.8. The summed E-state index contributed by atoms with van der Waals surface area (Å²) in [7, 11) is 1.76. The van der Waals surface area contributed by atoms with Crippen molar-refractivity contribution >= 4 is 28.8 Å². The molecular weight excluding hydrogens is 322 g/mol. The van der Waals surface area contributed by atoms with Crippen LogP contribution in [-0.2, 0) is 16.0 Å². The van der Waals surface area contributed by atoms with Crippen molar-refractivity contribution in [1.29, 1.82) is 0 Å². The second-order valence-corrected chi connectivity index (χ2v) is 7.57. The zero-order valence-electron chi connectivity index (χ0n) is 13.8. The molecule has 0 saturated carbocycles. The van der Waals surface area contributed by atoms with Crippen LogP contribution in [0.5, 0.6) is 0 Å². The lowest BCUT2D eigenvalue weighted by Crippen LogP contribution is -2.35. The number of carbonyl (C=O) groups excluding carboxylic acids is 2. The van der Waals surface area contributed by atoms with E-state index < -0.39 is 0 Å². The van der Waals surface area contributed by atoms with Crippen LogP contribution in [0.4, 0.5) is 5.69 Å². The molecule has 0 radical (unpaired) electrons. The van der Waals surface area contributed by atoms with E-state index in [2.05, 4.69) is 16.4 Å². The Kier molecular flexibility index (Phi) is 3.64. The number of benzene rings is 1. The zero-order valence-corrected chi connectivity index (χ0v) is 14.6. The molecule has 1 saturated heterocycles. The van der Waals surface area contributed by atoms with Crippen LogP contribution in [0.15, 0.2) is 23.6 Å². The first-order chi connectivity index (χ1) is 11.5. The number of amides is 2. The minimum absolute atomic E-state index is 0.0574. The summed E-state index contributed by atoms with van der Waals surface area (Å²) in [6, 6.07) is 6.19.